The zero-order valence-electron chi connectivity index (χ0n) is 8.51. The van der Waals surface area contributed by atoms with Crippen LogP contribution in [0.15, 0.2) is 4.99 Å². The van der Waals surface area contributed by atoms with E-state index >= 15 is 0 Å². The highest BCUT2D eigenvalue weighted by Gasteiger charge is 1.90. The molecule has 3 nitrogen and oxygen atoms in total. The SMILES string of the molecule is CCC(N)=NCCCCN(C)C. The van der Waals surface area contributed by atoms with Crippen LogP contribution in [0.4, 0.5) is 0 Å². The molecule has 0 aromatic carbocycles. The summed E-state index contributed by atoms with van der Waals surface area (Å²) in [4.78, 5) is 6.40. The van der Waals surface area contributed by atoms with E-state index in [0.29, 0.717) is 0 Å². The Labute approximate surface area is 75.7 Å². The van der Waals surface area contributed by atoms with Crippen molar-refractivity contribution in [2.45, 2.75) is 26.2 Å². The topological polar surface area (TPSA) is 41.6 Å². The fourth-order valence-electron chi connectivity index (χ4n) is 0.874. The first-order chi connectivity index (χ1) is 5.66. The third-order valence-corrected chi connectivity index (χ3v) is 1.69. The molecule has 12 heavy (non-hydrogen) atoms. The Bertz CT molecular complexity index is 130. The first kappa shape index (κ1) is 11.4. The van der Waals surface area contributed by atoms with Gasteiger partial charge in [-0.15, -0.1) is 0 Å². The Morgan fingerprint density at radius 2 is 2.00 bits per heavy atom. The van der Waals surface area contributed by atoms with Crippen LogP contribution in [0.2, 0.25) is 0 Å². The molecule has 2 N–H and O–H groups in total. The molecule has 0 aliphatic carbocycles. The maximum absolute atomic E-state index is 5.55. The van der Waals surface area contributed by atoms with Crippen LogP contribution in [0, 0.1) is 0 Å². The van der Waals surface area contributed by atoms with Gasteiger partial charge in [0, 0.05) is 13.0 Å². The van der Waals surface area contributed by atoms with E-state index < -0.39 is 0 Å². The van der Waals surface area contributed by atoms with Gasteiger partial charge in [0.1, 0.15) is 0 Å². The smallest absolute Gasteiger partial charge is 0.0934 e. The second-order valence-corrected chi connectivity index (χ2v) is 3.24. The van der Waals surface area contributed by atoms with Crippen LogP contribution < -0.4 is 5.73 Å². The van der Waals surface area contributed by atoms with Crippen molar-refractivity contribution >= 4 is 5.84 Å². The van der Waals surface area contributed by atoms with Crippen molar-refractivity contribution in [3.8, 4) is 0 Å². The molecule has 0 radical (unpaired) electrons. The lowest BCUT2D eigenvalue weighted by Crippen LogP contribution is -2.14. The highest BCUT2D eigenvalue weighted by molar-refractivity contribution is 5.79. The minimum atomic E-state index is 0.778. The molecule has 0 saturated carbocycles. The fourth-order valence-corrected chi connectivity index (χ4v) is 0.874. The van der Waals surface area contributed by atoms with E-state index in [9.17, 15) is 0 Å². The summed E-state index contributed by atoms with van der Waals surface area (Å²) in [5.41, 5.74) is 5.55. The van der Waals surface area contributed by atoms with Gasteiger partial charge in [0.05, 0.1) is 5.84 Å². The number of nitrogens with zero attached hydrogens (tertiary/aromatic N) is 2. The van der Waals surface area contributed by atoms with Crippen LogP contribution >= 0.6 is 0 Å². The first-order valence-corrected chi connectivity index (χ1v) is 4.60. The molecule has 0 bridgehead atoms. The van der Waals surface area contributed by atoms with Crippen LogP contribution in [0.5, 0.6) is 0 Å². The van der Waals surface area contributed by atoms with Gasteiger partial charge in [0.15, 0.2) is 0 Å². The highest BCUT2D eigenvalue weighted by atomic mass is 15.0. The van der Waals surface area contributed by atoms with Gasteiger partial charge in [0.25, 0.3) is 0 Å². The highest BCUT2D eigenvalue weighted by Crippen LogP contribution is 1.91. The van der Waals surface area contributed by atoms with E-state index in [1.807, 2.05) is 6.92 Å². The zero-order chi connectivity index (χ0) is 9.40. The van der Waals surface area contributed by atoms with Crippen LogP contribution in [-0.2, 0) is 0 Å². The molecule has 0 aromatic rings. The number of amidine groups is 1. The lowest BCUT2D eigenvalue weighted by Gasteiger charge is -2.07. The molecular formula is C9H21N3. The van der Waals surface area contributed by atoms with Crippen LogP contribution in [-0.4, -0.2) is 37.9 Å². The van der Waals surface area contributed by atoms with E-state index in [-0.39, 0.29) is 0 Å². The Morgan fingerprint density at radius 1 is 1.33 bits per heavy atom. The second-order valence-electron chi connectivity index (χ2n) is 3.24. The minimum absolute atomic E-state index is 0.778. The Balaban J connectivity index is 3.21. The predicted molar refractivity (Wildman–Crippen MR) is 54.6 cm³/mol. The summed E-state index contributed by atoms with van der Waals surface area (Å²) < 4.78 is 0. The van der Waals surface area contributed by atoms with E-state index in [1.165, 1.54) is 6.42 Å². The van der Waals surface area contributed by atoms with Crippen molar-refractivity contribution in [1.29, 1.82) is 0 Å². The van der Waals surface area contributed by atoms with Crippen molar-refractivity contribution in [3.05, 3.63) is 0 Å². The average molecular weight is 171 g/mol. The summed E-state index contributed by atoms with van der Waals surface area (Å²) in [6.45, 7) is 4.05. The largest absolute Gasteiger partial charge is 0.387 e. The van der Waals surface area contributed by atoms with Gasteiger partial charge in [-0.3, -0.25) is 4.99 Å². The van der Waals surface area contributed by atoms with Gasteiger partial charge in [-0.25, -0.2) is 0 Å². The molecule has 0 aromatic heterocycles. The average Bonchev–Trinajstić information content (AvgIpc) is 2.03. The minimum Gasteiger partial charge on any atom is -0.387 e. The van der Waals surface area contributed by atoms with Gasteiger partial charge < -0.3 is 10.6 Å². The van der Waals surface area contributed by atoms with Crippen molar-refractivity contribution in [1.82, 2.24) is 4.90 Å². The predicted octanol–water partition coefficient (Wildman–Crippen LogP) is 1.10. The summed E-state index contributed by atoms with van der Waals surface area (Å²) in [5, 5.41) is 0. The number of hydrogen-bond acceptors (Lipinski definition) is 2. The number of unbranched alkanes of at least 4 members (excludes halogenated alkanes) is 1. The number of aliphatic imine (C=N–C) groups is 1. The van der Waals surface area contributed by atoms with Gasteiger partial charge in [0.2, 0.25) is 0 Å². The molecule has 0 amide bonds. The molecular weight excluding hydrogens is 150 g/mol. The molecule has 0 atom stereocenters. The van der Waals surface area contributed by atoms with Gasteiger partial charge >= 0.3 is 0 Å². The quantitative estimate of drug-likeness (QED) is 0.369. The van der Waals surface area contributed by atoms with E-state index in [4.69, 9.17) is 5.73 Å². The number of rotatable bonds is 6. The third-order valence-electron chi connectivity index (χ3n) is 1.69. The van der Waals surface area contributed by atoms with Crippen molar-refractivity contribution in [2.75, 3.05) is 27.2 Å². The maximum atomic E-state index is 5.55. The van der Waals surface area contributed by atoms with Crippen molar-refractivity contribution in [2.24, 2.45) is 10.7 Å². The molecule has 0 saturated heterocycles. The summed E-state index contributed by atoms with van der Waals surface area (Å²) in [7, 11) is 4.17. The standard InChI is InChI=1S/C9H21N3/c1-4-9(10)11-7-5-6-8-12(2)3/h4-8H2,1-3H3,(H2,10,11). The number of hydrogen-bond donors (Lipinski definition) is 1. The zero-order valence-corrected chi connectivity index (χ0v) is 8.51. The number of nitrogens with two attached hydrogens (primary N) is 1. The van der Waals surface area contributed by atoms with Crippen molar-refractivity contribution in [3.63, 3.8) is 0 Å². The molecule has 0 unspecified atom stereocenters. The van der Waals surface area contributed by atoms with Gasteiger partial charge in [-0.05, 0) is 33.5 Å². The summed E-state index contributed by atoms with van der Waals surface area (Å²) in [6.07, 6.45) is 3.21. The first-order valence-electron chi connectivity index (χ1n) is 4.60. The van der Waals surface area contributed by atoms with E-state index in [1.54, 1.807) is 0 Å². The molecule has 0 heterocycles. The maximum Gasteiger partial charge on any atom is 0.0934 e. The fraction of sp³-hybridized carbons (Fsp3) is 0.889. The lowest BCUT2D eigenvalue weighted by molar-refractivity contribution is 0.396. The Hall–Kier alpha value is -0.570. The van der Waals surface area contributed by atoms with E-state index in [0.717, 1.165) is 31.8 Å². The molecule has 0 rings (SSSR count). The third kappa shape index (κ3) is 7.54. The molecule has 0 aliphatic rings. The lowest BCUT2D eigenvalue weighted by atomic mass is 10.3. The van der Waals surface area contributed by atoms with Gasteiger partial charge in [-0.1, -0.05) is 6.92 Å². The second kappa shape index (κ2) is 7.10. The summed E-state index contributed by atoms with van der Waals surface area (Å²) >= 11 is 0. The molecule has 72 valence electrons. The van der Waals surface area contributed by atoms with Crippen LogP contribution in [0.1, 0.15) is 26.2 Å². The normalized spacial score (nSPS) is 12.5. The monoisotopic (exact) mass is 171 g/mol. The molecule has 0 fully saturated rings. The van der Waals surface area contributed by atoms with E-state index in [2.05, 4.69) is 24.0 Å². The van der Waals surface area contributed by atoms with Crippen LogP contribution in [0.25, 0.3) is 0 Å². The van der Waals surface area contributed by atoms with Crippen LogP contribution in [0.3, 0.4) is 0 Å². The Morgan fingerprint density at radius 3 is 2.50 bits per heavy atom. The summed E-state index contributed by atoms with van der Waals surface area (Å²) in [5.74, 6) is 0.778. The molecule has 3 heteroatoms. The van der Waals surface area contributed by atoms with Crippen molar-refractivity contribution < 1.29 is 0 Å². The molecule has 0 spiro atoms. The van der Waals surface area contributed by atoms with Gasteiger partial charge in [-0.2, -0.15) is 0 Å². The summed E-state index contributed by atoms with van der Waals surface area (Å²) in [6, 6.07) is 0. The molecule has 0 aliphatic heterocycles. The Kier molecular flexibility index (Phi) is 6.76.